The minimum Gasteiger partial charge on any atom is -0.412 e. The van der Waals surface area contributed by atoms with E-state index in [2.05, 4.69) is 13.3 Å². The van der Waals surface area contributed by atoms with E-state index in [4.69, 9.17) is 4.80 Å². The molecular weight excluding hydrogens is 288 g/mol. The second-order valence-electron chi connectivity index (χ2n) is 1.14. The minimum atomic E-state index is -3.17. The van der Waals surface area contributed by atoms with Crippen LogP contribution in [0, 0.1) is 0 Å². The van der Waals surface area contributed by atoms with Gasteiger partial charge in [-0.05, 0) is 0 Å². The Kier molecular flexibility index (Phi) is 38.1. The molecule has 12 heavy (non-hydrogen) atoms. The van der Waals surface area contributed by atoms with Gasteiger partial charge in [0.05, 0.1) is 0 Å². The van der Waals surface area contributed by atoms with E-state index in [1.807, 2.05) is 0 Å². The van der Waals surface area contributed by atoms with Gasteiger partial charge >= 0.3 is 9.05 Å². The second kappa shape index (κ2) is 15.6. The predicted molar refractivity (Wildman–Crippen MR) is 32.6 cm³/mol. The van der Waals surface area contributed by atoms with Crippen LogP contribution in [-0.2, 0) is 78.4 Å². The van der Waals surface area contributed by atoms with E-state index >= 15 is 0 Å². The zero-order valence-electron chi connectivity index (χ0n) is 7.17. The molecule has 0 aromatic heterocycles. The fourth-order valence-electron chi connectivity index (χ4n) is 0.250. The summed E-state index contributed by atoms with van der Waals surface area (Å²) in [6.45, 7) is 0. The van der Waals surface area contributed by atoms with E-state index < -0.39 is 9.05 Å². The second-order valence-corrected chi connectivity index (χ2v) is 3.41. The number of hydrogen-bond donors (Lipinski definition) is 1. The van der Waals surface area contributed by atoms with Gasteiger partial charge in [0.15, 0.2) is 0 Å². The van der Waals surface area contributed by atoms with E-state index in [0.717, 1.165) is 0 Å². The van der Waals surface area contributed by atoms with Gasteiger partial charge in [-0.25, -0.2) is 0 Å². The van der Waals surface area contributed by atoms with Gasteiger partial charge in [-0.3, -0.25) is 0 Å². The smallest absolute Gasteiger partial charge is 0.412 e. The molecule has 0 aromatic carbocycles. The molecule has 5 nitrogen and oxygen atoms in total. The van der Waals surface area contributed by atoms with Crippen LogP contribution < -0.4 is 0 Å². The Morgan fingerprint density at radius 2 is 1.00 bits per heavy atom. The van der Waals surface area contributed by atoms with Crippen molar-refractivity contribution in [2.45, 2.75) is 0 Å². The van der Waals surface area contributed by atoms with Crippen LogP contribution in [0.5, 0.6) is 0 Å². The fourth-order valence-corrected chi connectivity index (χ4v) is 0.750. The number of hydrogen-bond acceptors (Lipinski definition) is 4. The first-order chi connectivity index (χ1) is 3.68. The van der Waals surface area contributed by atoms with Gasteiger partial charge in [-0.2, -0.15) is 0 Å². The van der Waals surface area contributed by atoms with Crippen molar-refractivity contribution >= 4 is 9.05 Å². The molecule has 0 aromatic rings. The molecule has 0 saturated heterocycles. The SMILES string of the molecule is CO[Si](O)(OC)OC.O.[Ti].[Ti].[Ti]. The van der Waals surface area contributed by atoms with E-state index in [1.54, 1.807) is 0 Å². The van der Waals surface area contributed by atoms with E-state index in [-0.39, 0.29) is 70.6 Å². The molecule has 3 N–H and O–H groups in total. The summed E-state index contributed by atoms with van der Waals surface area (Å²) in [7, 11) is 0.826. The maximum Gasteiger partial charge on any atom is 0.676 e. The van der Waals surface area contributed by atoms with Crippen LogP contribution in [0.25, 0.3) is 0 Å². The van der Waals surface area contributed by atoms with Crippen molar-refractivity contribution in [3.05, 3.63) is 0 Å². The van der Waals surface area contributed by atoms with Gasteiger partial charge in [0.1, 0.15) is 0 Å². The Morgan fingerprint density at radius 3 is 1.00 bits per heavy atom. The first kappa shape index (κ1) is 29.2. The van der Waals surface area contributed by atoms with Crippen LogP contribution in [-0.4, -0.2) is 40.6 Å². The third-order valence-corrected chi connectivity index (χ3v) is 2.32. The van der Waals surface area contributed by atoms with Gasteiger partial charge in [-0.1, -0.05) is 0 Å². The monoisotopic (exact) mass is 300 g/mol. The summed E-state index contributed by atoms with van der Waals surface area (Å²) in [4.78, 5) is 8.91. The predicted octanol–water partition coefficient (Wildman–Crippen LogP) is -1.48. The number of rotatable bonds is 3. The Balaban J connectivity index is -0.0000000408. The zero-order chi connectivity index (χ0) is 6.62. The Labute approximate surface area is 118 Å². The molecule has 0 saturated carbocycles. The first-order valence-corrected chi connectivity index (χ1v) is 3.73. The van der Waals surface area contributed by atoms with Crippen molar-refractivity contribution < 1.29 is 88.7 Å². The molecule has 0 rings (SSSR count). The molecule has 0 aliphatic heterocycles. The molecule has 9 heteroatoms. The molecule has 0 unspecified atom stereocenters. The summed E-state index contributed by atoms with van der Waals surface area (Å²) < 4.78 is 13.5. The molecule has 0 bridgehead atoms. The van der Waals surface area contributed by atoms with Crippen molar-refractivity contribution in [1.29, 1.82) is 0 Å². The van der Waals surface area contributed by atoms with Gasteiger partial charge in [0.25, 0.3) is 0 Å². The summed E-state index contributed by atoms with van der Waals surface area (Å²) in [5.41, 5.74) is 0. The fraction of sp³-hybridized carbons (Fsp3) is 1.00. The Morgan fingerprint density at radius 1 is 0.833 bits per heavy atom. The van der Waals surface area contributed by atoms with Gasteiger partial charge in [0, 0.05) is 86.5 Å². The van der Waals surface area contributed by atoms with Crippen molar-refractivity contribution in [2.75, 3.05) is 21.3 Å². The largest absolute Gasteiger partial charge is 0.676 e. The molecule has 70 valence electrons. The molecule has 0 aliphatic rings. The zero-order valence-corrected chi connectivity index (χ0v) is 12.9. The quantitative estimate of drug-likeness (QED) is 0.645. The van der Waals surface area contributed by atoms with Crippen molar-refractivity contribution in [3.8, 4) is 0 Å². The van der Waals surface area contributed by atoms with Crippen LogP contribution in [0.15, 0.2) is 0 Å². The van der Waals surface area contributed by atoms with Crippen LogP contribution in [0.2, 0.25) is 0 Å². The van der Waals surface area contributed by atoms with Gasteiger partial charge < -0.3 is 23.5 Å². The van der Waals surface area contributed by atoms with Crippen molar-refractivity contribution in [2.24, 2.45) is 0 Å². The molecule has 0 fully saturated rings. The molecule has 0 aliphatic carbocycles. The maximum atomic E-state index is 8.91. The van der Waals surface area contributed by atoms with E-state index in [1.165, 1.54) is 21.3 Å². The van der Waals surface area contributed by atoms with Crippen molar-refractivity contribution in [3.63, 3.8) is 0 Å². The first-order valence-electron chi connectivity index (χ1n) is 2.06. The third-order valence-electron chi connectivity index (χ3n) is 0.774. The maximum absolute atomic E-state index is 8.91. The van der Waals surface area contributed by atoms with Crippen molar-refractivity contribution in [1.82, 2.24) is 0 Å². The standard InChI is InChI=1S/C3H10O4Si.H2O.3Ti/c1-5-8(4,6-2)7-3;;;;/h4H,1-3H3;1H2;;;. The summed E-state index contributed by atoms with van der Waals surface area (Å²) in [5, 5.41) is 0. The molecule has 0 amide bonds. The van der Waals surface area contributed by atoms with Crippen LogP contribution in [0.3, 0.4) is 0 Å². The molecular formula is C3H12O5SiTi3. The minimum absolute atomic E-state index is 0. The normalized spacial score (nSPS) is 8.00. The van der Waals surface area contributed by atoms with Crippen LogP contribution in [0.1, 0.15) is 0 Å². The van der Waals surface area contributed by atoms with Gasteiger partial charge in [-0.15, -0.1) is 0 Å². The Hall–Kier alpha value is 2.16. The molecule has 0 atom stereocenters. The summed E-state index contributed by atoms with van der Waals surface area (Å²) in [6, 6.07) is 0. The molecule has 0 spiro atoms. The summed E-state index contributed by atoms with van der Waals surface area (Å²) in [5.74, 6) is 0. The average Bonchev–Trinajstić information content (AvgIpc) is 1.87. The topological polar surface area (TPSA) is 79.4 Å². The van der Waals surface area contributed by atoms with Gasteiger partial charge in [0.2, 0.25) is 0 Å². The van der Waals surface area contributed by atoms with E-state index in [9.17, 15) is 0 Å². The summed E-state index contributed by atoms with van der Waals surface area (Å²) in [6.07, 6.45) is 0. The molecule has 0 radical (unpaired) electrons. The van der Waals surface area contributed by atoms with Crippen LogP contribution in [0.4, 0.5) is 0 Å². The third kappa shape index (κ3) is 12.2. The van der Waals surface area contributed by atoms with Crippen LogP contribution >= 0.6 is 0 Å². The summed E-state index contributed by atoms with van der Waals surface area (Å²) >= 11 is 0. The molecule has 0 heterocycles. The average molecular weight is 300 g/mol. The Bertz CT molecular complexity index is 64.7. The van der Waals surface area contributed by atoms with E-state index in [0.29, 0.717) is 0 Å².